The largest absolute Gasteiger partial charge is 0.354 e. The number of benzene rings is 3. The topological polar surface area (TPSA) is 69.0 Å². The quantitative estimate of drug-likeness (QED) is 0.417. The maximum atomic E-state index is 13.4. The van der Waals surface area contributed by atoms with Gasteiger partial charge in [-0.2, -0.15) is 0 Å². The Labute approximate surface area is 179 Å². The maximum Gasteiger partial charge on any atom is 0.197 e. The lowest BCUT2D eigenvalue weighted by Gasteiger charge is -2.18. The molecule has 31 heavy (non-hydrogen) atoms. The van der Waals surface area contributed by atoms with E-state index >= 15 is 0 Å². The lowest BCUT2D eigenvalue weighted by molar-refractivity contribution is 0.308. The molecule has 0 saturated carbocycles. The van der Waals surface area contributed by atoms with Crippen LogP contribution in [0.5, 0.6) is 0 Å². The minimum atomic E-state index is -0.0259. The van der Waals surface area contributed by atoms with Crippen LogP contribution >= 0.6 is 0 Å². The number of aromatic nitrogens is 2. The third kappa shape index (κ3) is 3.22. The first kappa shape index (κ1) is 19.5. The molecular weight excluding hydrogens is 386 g/mol. The van der Waals surface area contributed by atoms with Gasteiger partial charge in [0, 0.05) is 33.6 Å². The predicted molar refractivity (Wildman–Crippen MR) is 129 cm³/mol. The number of para-hydroxylation sites is 2. The number of aromatic amines is 2. The van der Waals surface area contributed by atoms with Gasteiger partial charge in [-0.15, -0.1) is 0 Å². The SMILES string of the molecule is CCN(CC)CCc1cccc2c(=O)c3cc4[nH]c5ccccc5c(=O)c4cc3[nH]c12. The molecule has 5 aromatic rings. The van der Waals surface area contributed by atoms with Crippen LogP contribution in [0.1, 0.15) is 19.4 Å². The number of rotatable bonds is 5. The second-order valence-electron chi connectivity index (χ2n) is 8.01. The minimum Gasteiger partial charge on any atom is -0.354 e. The number of nitrogens with zero attached hydrogens (tertiary/aromatic N) is 1. The van der Waals surface area contributed by atoms with Gasteiger partial charge in [-0.3, -0.25) is 9.59 Å². The van der Waals surface area contributed by atoms with E-state index in [1.54, 1.807) is 6.07 Å². The zero-order valence-electron chi connectivity index (χ0n) is 17.8. The Morgan fingerprint density at radius 2 is 1.35 bits per heavy atom. The molecule has 0 spiro atoms. The van der Waals surface area contributed by atoms with E-state index in [-0.39, 0.29) is 10.9 Å². The molecule has 0 saturated heterocycles. The molecule has 0 radical (unpaired) electrons. The standard InChI is InChI=1S/C26H25N3O2/c1-3-29(4-2)13-12-16-8-7-10-18-24(16)28-23-15-19-22(14-20(23)26(18)31)27-21-11-6-5-9-17(21)25(19)30/h5-11,14-15H,3-4,12-13H2,1-2H3,(H,27,30)(H,28,31). The van der Waals surface area contributed by atoms with E-state index < -0.39 is 0 Å². The Balaban J connectivity index is 1.76. The molecule has 5 heteroatoms. The zero-order valence-corrected chi connectivity index (χ0v) is 17.8. The van der Waals surface area contributed by atoms with Gasteiger partial charge in [0.1, 0.15) is 0 Å². The monoisotopic (exact) mass is 411 g/mol. The van der Waals surface area contributed by atoms with Crippen molar-refractivity contribution in [2.75, 3.05) is 19.6 Å². The summed E-state index contributed by atoms with van der Waals surface area (Å²) in [6.45, 7) is 7.27. The Bertz CT molecular complexity index is 1560. The van der Waals surface area contributed by atoms with Crippen molar-refractivity contribution in [3.63, 3.8) is 0 Å². The van der Waals surface area contributed by atoms with Crippen LogP contribution in [0.25, 0.3) is 43.6 Å². The zero-order chi connectivity index (χ0) is 21.5. The molecule has 0 aliphatic rings. The number of hydrogen-bond acceptors (Lipinski definition) is 3. The highest BCUT2D eigenvalue weighted by Gasteiger charge is 2.13. The molecule has 0 aliphatic carbocycles. The second kappa shape index (κ2) is 7.67. The van der Waals surface area contributed by atoms with Gasteiger partial charge < -0.3 is 14.9 Å². The molecule has 0 bridgehead atoms. The molecule has 2 aromatic heterocycles. The number of fused-ring (bicyclic) bond motifs is 4. The van der Waals surface area contributed by atoms with Crippen LogP contribution in [0.15, 0.2) is 64.2 Å². The smallest absolute Gasteiger partial charge is 0.197 e. The summed E-state index contributed by atoms with van der Waals surface area (Å²) in [5, 5.41) is 2.51. The van der Waals surface area contributed by atoms with Crippen LogP contribution in [0.4, 0.5) is 0 Å². The fourth-order valence-electron chi connectivity index (χ4n) is 4.51. The van der Waals surface area contributed by atoms with Crippen molar-refractivity contribution in [1.29, 1.82) is 0 Å². The molecule has 2 heterocycles. The molecule has 5 nitrogen and oxygen atoms in total. The van der Waals surface area contributed by atoms with E-state index in [2.05, 4.69) is 34.8 Å². The third-order valence-corrected chi connectivity index (χ3v) is 6.33. The molecule has 156 valence electrons. The van der Waals surface area contributed by atoms with Gasteiger partial charge in [0.15, 0.2) is 10.9 Å². The lowest BCUT2D eigenvalue weighted by atomic mass is 10.0. The van der Waals surface area contributed by atoms with Crippen LogP contribution in [0.3, 0.4) is 0 Å². The van der Waals surface area contributed by atoms with E-state index in [9.17, 15) is 9.59 Å². The highest BCUT2D eigenvalue weighted by Crippen LogP contribution is 2.23. The number of likely N-dealkylation sites (N-methyl/N-ethyl adjacent to an activating group) is 1. The first-order valence-corrected chi connectivity index (χ1v) is 10.9. The Morgan fingerprint density at radius 3 is 2.10 bits per heavy atom. The number of H-pyrrole nitrogens is 2. The Kier molecular flexibility index (Phi) is 4.83. The van der Waals surface area contributed by atoms with Crippen LogP contribution in [0.2, 0.25) is 0 Å². The van der Waals surface area contributed by atoms with Crippen molar-refractivity contribution in [3.8, 4) is 0 Å². The summed E-state index contributed by atoms with van der Waals surface area (Å²) in [6, 6.07) is 17.0. The van der Waals surface area contributed by atoms with Gasteiger partial charge in [-0.1, -0.05) is 38.1 Å². The van der Waals surface area contributed by atoms with Gasteiger partial charge in [0.2, 0.25) is 0 Å². The highest BCUT2D eigenvalue weighted by molar-refractivity contribution is 6.03. The molecular formula is C26H25N3O2. The van der Waals surface area contributed by atoms with E-state index in [4.69, 9.17) is 0 Å². The summed E-state index contributed by atoms with van der Waals surface area (Å²) in [6.07, 6.45) is 0.860. The molecule has 0 fully saturated rings. The van der Waals surface area contributed by atoms with Crippen molar-refractivity contribution in [1.82, 2.24) is 14.9 Å². The van der Waals surface area contributed by atoms with Crippen LogP contribution in [-0.4, -0.2) is 34.5 Å². The van der Waals surface area contributed by atoms with Crippen molar-refractivity contribution in [2.24, 2.45) is 0 Å². The fourth-order valence-corrected chi connectivity index (χ4v) is 4.51. The van der Waals surface area contributed by atoms with Crippen molar-refractivity contribution in [3.05, 3.63) is 80.6 Å². The summed E-state index contributed by atoms with van der Waals surface area (Å²) in [5.41, 5.74) is 4.10. The van der Waals surface area contributed by atoms with Gasteiger partial charge in [-0.25, -0.2) is 0 Å². The number of pyridine rings is 2. The number of hydrogen-bond donors (Lipinski definition) is 2. The van der Waals surface area contributed by atoms with E-state index in [1.807, 2.05) is 42.5 Å². The van der Waals surface area contributed by atoms with Crippen molar-refractivity contribution >= 4 is 43.6 Å². The van der Waals surface area contributed by atoms with E-state index in [0.717, 1.165) is 42.7 Å². The minimum absolute atomic E-state index is 0.00986. The second-order valence-corrected chi connectivity index (χ2v) is 8.01. The normalized spacial score (nSPS) is 12.0. The summed E-state index contributed by atoms with van der Waals surface area (Å²) in [5.74, 6) is 0. The predicted octanol–water partition coefficient (Wildman–Crippen LogP) is 4.56. The summed E-state index contributed by atoms with van der Waals surface area (Å²) in [7, 11) is 0. The molecule has 2 N–H and O–H groups in total. The summed E-state index contributed by atoms with van der Waals surface area (Å²) in [4.78, 5) is 35.6. The average molecular weight is 412 g/mol. The Morgan fingerprint density at radius 1 is 0.710 bits per heavy atom. The summed E-state index contributed by atoms with van der Waals surface area (Å²) >= 11 is 0. The van der Waals surface area contributed by atoms with Crippen molar-refractivity contribution in [2.45, 2.75) is 20.3 Å². The molecule has 0 unspecified atom stereocenters. The highest BCUT2D eigenvalue weighted by atomic mass is 16.1. The molecule has 0 amide bonds. The molecule has 5 rings (SSSR count). The van der Waals surface area contributed by atoms with Crippen LogP contribution < -0.4 is 10.9 Å². The molecule has 0 atom stereocenters. The van der Waals surface area contributed by atoms with E-state index in [0.29, 0.717) is 32.6 Å². The fraction of sp³-hybridized carbons (Fsp3) is 0.231. The van der Waals surface area contributed by atoms with Gasteiger partial charge in [0.25, 0.3) is 0 Å². The first-order valence-electron chi connectivity index (χ1n) is 10.9. The average Bonchev–Trinajstić information content (AvgIpc) is 2.80. The van der Waals surface area contributed by atoms with Gasteiger partial charge >= 0.3 is 0 Å². The van der Waals surface area contributed by atoms with E-state index in [1.165, 1.54) is 0 Å². The Hall–Kier alpha value is -3.44. The van der Waals surface area contributed by atoms with Crippen molar-refractivity contribution < 1.29 is 0 Å². The molecule has 3 aromatic carbocycles. The third-order valence-electron chi connectivity index (χ3n) is 6.33. The lowest BCUT2D eigenvalue weighted by Crippen LogP contribution is -2.25. The maximum absolute atomic E-state index is 13.4. The van der Waals surface area contributed by atoms with Crippen LogP contribution in [0, 0.1) is 0 Å². The van der Waals surface area contributed by atoms with Crippen LogP contribution in [-0.2, 0) is 6.42 Å². The van der Waals surface area contributed by atoms with Gasteiger partial charge in [-0.05, 0) is 55.4 Å². The summed E-state index contributed by atoms with van der Waals surface area (Å²) < 4.78 is 0. The number of nitrogens with one attached hydrogen (secondary N) is 2. The molecule has 0 aliphatic heterocycles. The first-order chi connectivity index (χ1) is 15.1. The van der Waals surface area contributed by atoms with Gasteiger partial charge in [0.05, 0.1) is 16.6 Å².